The van der Waals surface area contributed by atoms with Gasteiger partial charge < -0.3 is 10.0 Å². The molecule has 2 N–H and O–H groups in total. The number of unbranched alkanes of at least 4 members (excludes halogenated alkanes) is 6. The van der Waals surface area contributed by atoms with Gasteiger partial charge in [-0.2, -0.15) is 0 Å². The minimum atomic E-state index is 0. The lowest BCUT2D eigenvalue weighted by Gasteiger charge is -2.00. The summed E-state index contributed by atoms with van der Waals surface area (Å²) in [6, 6.07) is 0. The molecule has 0 aromatic rings. The third kappa shape index (κ3) is 14.4. The zero-order valence-electron chi connectivity index (χ0n) is 10.0. The number of halogens is 1. The second-order valence-corrected chi connectivity index (χ2v) is 3.99. The Morgan fingerprint density at radius 1 is 0.643 bits per heavy atom. The maximum absolute atomic E-state index is 2.49. The van der Waals surface area contributed by atoms with Crippen LogP contribution in [0, 0.1) is 0 Å². The Bertz CT molecular complexity index is 76.4. The quantitative estimate of drug-likeness (QED) is 0.472. The lowest BCUT2D eigenvalue weighted by atomic mass is 10.2. The standard InChI is InChI=1S/C12H27N.FH/c1-3-5-7-9-11-13-12-10-8-6-4-2;/h13H,3-12H2,1-2H3;1H. The molecule has 0 aliphatic heterocycles. The molecule has 0 fully saturated rings. The van der Waals surface area contributed by atoms with Crippen LogP contribution in [0.15, 0.2) is 0 Å². The molecule has 0 spiro atoms. The molecule has 0 amide bonds. The molecule has 0 rings (SSSR count). The van der Waals surface area contributed by atoms with Crippen LogP contribution in [0.5, 0.6) is 0 Å². The highest BCUT2D eigenvalue weighted by Gasteiger charge is 1.92. The first-order chi connectivity index (χ1) is 6.41. The predicted octanol–water partition coefficient (Wildman–Crippen LogP) is -0.286. The highest BCUT2D eigenvalue weighted by molar-refractivity contribution is 4.38. The minimum absolute atomic E-state index is 0. The number of hydrogen-bond acceptors (Lipinski definition) is 0. The summed E-state index contributed by atoms with van der Waals surface area (Å²) in [4.78, 5) is 0. The third-order valence-electron chi connectivity index (χ3n) is 2.52. The zero-order valence-corrected chi connectivity index (χ0v) is 10.0. The molecule has 0 atom stereocenters. The fourth-order valence-corrected chi connectivity index (χ4v) is 1.58. The highest BCUT2D eigenvalue weighted by Crippen LogP contribution is 1.96. The van der Waals surface area contributed by atoms with Gasteiger partial charge in [-0.25, -0.2) is 0 Å². The number of quaternary nitrogens is 1. The Morgan fingerprint density at radius 3 is 1.43 bits per heavy atom. The van der Waals surface area contributed by atoms with E-state index in [-0.39, 0.29) is 4.70 Å². The van der Waals surface area contributed by atoms with E-state index < -0.39 is 0 Å². The molecule has 0 unspecified atom stereocenters. The van der Waals surface area contributed by atoms with Crippen molar-refractivity contribution in [1.82, 2.24) is 0 Å². The summed E-state index contributed by atoms with van der Waals surface area (Å²) >= 11 is 0. The van der Waals surface area contributed by atoms with Crippen LogP contribution in [0.3, 0.4) is 0 Å². The van der Waals surface area contributed by atoms with Gasteiger partial charge in [0, 0.05) is 0 Å². The maximum atomic E-state index is 2.49. The van der Waals surface area contributed by atoms with Crippen molar-refractivity contribution in [2.45, 2.75) is 65.2 Å². The van der Waals surface area contributed by atoms with Crippen LogP contribution in [0.25, 0.3) is 0 Å². The summed E-state index contributed by atoms with van der Waals surface area (Å²) in [7, 11) is 0. The van der Waals surface area contributed by atoms with Crippen LogP contribution in [0.2, 0.25) is 0 Å². The summed E-state index contributed by atoms with van der Waals surface area (Å²) in [6.07, 6.45) is 11.3. The molecule has 0 aromatic carbocycles. The molecular formula is C12H28FN. The van der Waals surface area contributed by atoms with E-state index in [1.54, 1.807) is 0 Å². The van der Waals surface area contributed by atoms with Crippen LogP contribution in [-0.4, -0.2) is 13.1 Å². The molecule has 0 aromatic heterocycles. The Hall–Kier alpha value is -0.110. The van der Waals surface area contributed by atoms with Gasteiger partial charge in [-0.1, -0.05) is 39.5 Å². The van der Waals surface area contributed by atoms with Crippen LogP contribution in [-0.2, 0) is 0 Å². The smallest absolute Gasteiger partial charge is 0.0755 e. The van der Waals surface area contributed by atoms with Gasteiger partial charge in [-0.3, -0.25) is 0 Å². The number of rotatable bonds is 10. The lowest BCUT2D eigenvalue weighted by molar-refractivity contribution is -0.655. The molecule has 14 heavy (non-hydrogen) atoms. The normalized spacial score (nSPS) is 9.86. The second-order valence-electron chi connectivity index (χ2n) is 3.99. The zero-order chi connectivity index (χ0) is 9.78. The Kier molecular flexibility index (Phi) is 17.9. The fraction of sp³-hybridized carbons (Fsp3) is 1.00. The molecule has 0 aliphatic rings. The molecule has 0 aliphatic carbocycles. The fourth-order valence-electron chi connectivity index (χ4n) is 1.58. The van der Waals surface area contributed by atoms with Gasteiger partial charge in [-0.05, 0) is 25.7 Å². The Balaban J connectivity index is 0. The first kappa shape index (κ1) is 16.3. The van der Waals surface area contributed by atoms with Crippen LogP contribution in [0.1, 0.15) is 65.2 Å². The predicted molar refractivity (Wildman–Crippen MR) is 59.9 cm³/mol. The van der Waals surface area contributed by atoms with Crippen LogP contribution in [0.4, 0.5) is 0 Å². The summed E-state index contributed by atoms with van der Waals surface area (Å²) in [5.41, 5.74) is 0. The average molecular weight is 205 g/mol. The van der Waals surface area contributed by atoms with Gasteiger partial charge in [0.05, 0.1) is 13.1 Å². The molecule has 1 nitrogen and oxygen atoms in total. The van der Waals surface area contributed by atoms with E-state index in [0.717, 1.165) is 0 Å². The molecule has 0 radical (unpaired) electrons. The highest BCUT2D eigenvalue weighted by atomic mass is 19.0. The van der Waals surface area contributed by atoms with Crippen molar-refractivity contribution in [3.05, 3.63) is 0 Å². The van der Waals surface area contributed by atoms with E-state index in [1.807, 2.05) is 0 Å². The van der Waals surface area contributed by atoms with E-state index >= 15 is 0 Å². The molecule has 0 heterocycles. The van der Waals surface area contributed by atoms with Crippen molar-refractivity contribution in [2.75, 3.05) is 13.1 Å². The molecule has 2 heteroatoms. The third-order valence-corrected chi connectivity index (χ3v) is 2.52. The van der Waals surface area contributed by atoms with E-state index in [0.29, 0.717) is 0 Å². The van der Waals surface area contributed by atoms with Gasteiger partial charge in [0.2, 0.25) is 0 Å². The van der Waals surface area contributed by atoms with E-state index in [4.69, 9.17) is 0 Å². The van der Waals surface area contributed by atoms with E-state index in [1.165, 1.54) is 64.5 Å². The van der Waals surface area contributed by atoms with E-state index in [9.17, 15) is 0 Å². The summed E-state index contributed by atoms with van der Waals surface area (Å²) < 4.78 is 0. The Labute approximate surface area is 89.0 Å². The maximum Gasteiger partial charge on any atom is 0.0755 e. The first-order valence-corrected chi connectivity index (χ1v) is 6.23. The molecule has 0 saturated heterocycles. The SMILES string of the molecule is CCCCCC[NH2+]CCCCCC.[F-]. The van der Waals surface area contributed by atoms with Gasteiger partial charge >= 0.3 is 0 Å². The van der Waals surface area contributed by atoms with E-state index in [2.05, 4.69) is 19.2 Å². The monoisotopic (exact) mass is 205 g/mol. The summed E-state index contributed by atoms with van der Waals surface area (Å²) in [5, 5.41) is 2.49. The van der Waals surface area contributed by atoms with Crippen LogP contribution >= 0.6 is 0 Å². The largest absolute Gasteiger partial charge is 1.00 e. The lowest BCUT2D eigenvalue weighted by Crippen LogP contribution is -3.00. The van der Waals surface area contributed by atoms with Gasteiger partial charge in [0.15, 0.2) is 0 Å². The van der Waals surface area contributed by atoms with Gasteiger partial charge in [0.1, 0.15) is 0 Å². The number of nitrogens with two attached hydrogens (primary N) is 1. The van der Waals surface area contributed by atoms with Crippen molar-refractivity contribution in [3.63, 3.8) is 0 Å². The minimum Gasteiger partial charge on any atom is -1.00 e. The topological polar surface area (TPSA) is 16.6 Å². The average Bonchev–Trinajstić information content (AvgIpc) is 2.16. The first-order valence-electron chi connectivity index (χ1n) is 6.23. The second kappa shape index (κ2) is 15.4. The van der Waals surface area contributed by atoms with Crippen LogP contribution < -0.4 is 10.0 Å². The van der Waals surface area contributed by atoms with Crippen molar-refractivity contribution >= 4 is 0 Å². The van der Waals surface area contributed by atoms with Gasteiger partial charge in [-0.15, -0.1) is 0 Å². The molecule has 88 valence electrons. The Morgan fingerprint density at radius 2 is 1.07 bits per heavy atom. The van der Waals surface area contributed by atoms with Gasteiger partial charge in [0.25, 0.3) is 0 Å². The van der Waals surface area contributed by atoms with Crippen molar-refractivity contribution in [2.24, 2.45) is 0 Å². The number of hydrogen-bond donors (Lipinski definition) is 1. The summed E-state index contributed by atoms with van der Waals surface area (Å²) in [5.74, 6) is 0. The molecular weight excluding hydrogens is 177 g/mol. The van der Waals surface area contributed by atoms with Crippen molar-refractivity contribution < 1.29 is 10.0 Å². The van der Waals surface area contributed by atoms with Crippen molar-refractivity contribution in [1.29, 1.82) is 0 Å². The molecule has 0 saturated carbocycles. The summed E-state index contributed by atoms with van der Waals surface area (Å²) in [6.45, 7) is 7.25. The van der Waals surface area contributed by atoms with Crippen molar-refractivity contribution in [3.8, 4) is 0 Å². The molecule has 0 bridgehead atoms.